The molecule has 1 aromatic rings. The summed E-state index contributed by atoms with van der Waals surface area (Å²) in [5.74, 6) is 1.64. The molecule has 2 aliphatic rings. The summed E-state index contributed by atoms with van der Waals surface area (Å²) >= 11 is 0. The summed E-state index contributed by atoms with van der Waals surface area (Å²) < 4.78 is 0. The molecular formula is C19H26N2O. The van der Waals surface area contributed by atoms with Crippen LogP contribution in [0.1, 0.15) is 25.8 Å². The lowest BCUT2D eigenvalue weighted by Gasteiger charge is -2.20. The molecule has 22 heavy (non-hydrogen) atoms. The topological polar surface area (TPSA) is 32.3 Å². The van der Waals surface area contributed by atoms with Crippen molar-refractivity contribution in [3.05, 3.63) is 42.0 Å². The third-order valence-electron chi connectivity index (χ3n) is 4.77. The van der Waals surface area contributed by atoms with Crippen LogP contribution in [0.2, 0.25) is 0 Å². The van der Waals surface area contributed by atoms with Crippen LogP contribution in [0, 0.1) is 17.8 Å². The van der Waals surface area contributed by atoms with Crippen molar-refractivity contribution < 1.29 is 4.79 Å². The number of rotatable bonds is 5. The highest BCUT2D eigenvalue weighted by molar-refractivity contribution is 5.82. The van der Waals surface area contributed by atoms with Crippen LogP contribution >= 0.6 is 0 Å². The molecule has 0 spiro atoms. The largest absolute Gasteiger partial charge is 0.355 e. The highest BCUT2D eigenvalue weighted by Gasteiger charge is 2.41. The van der Waals surface area contributed by atoms with Gasteiger partial charge in [-0.1, -0.05) is 50.3 Å². The molecule has 0 bridgehead atoms. The molecule has 0 aliphatic carbocycles. The minimum Gasteiger partial charge on any atom is -0.355 e. The molecule has 2 heterocycles. The third kappa shape index (κ3) is 3.41. The van der Waals surface area contributed by atoms with Crippen LogP contribution in [0.15, 0.2) is 36.4 Å². The van der Waals surface area contributed by atoms with Gasteiger partial charge in [0.05, 0.1) is 5.92 Å². The summed E-state index contributed by atoms with van der Waals surface area (Å²) in [6.45, 7) is 8.26. The number of fused-ring (bicyclic) bond motifs is 1. The summed E-state index contributed by atoms with van der Waals surface area (Å²) in [4.78, 5) is 14.3. The Bertz CT molecular complexity index is 550. The van der Waals surface area contributed by atoms with Gasteiger partial charge in [-0.2, -0.15) is 0 Å². The number of hydrogen-bond donors (Lipinski definition) is 1. The number of amides is 1. The molecule has 0 aromatic heterocycles. The average Bonchev–Trinajstić information content (AvgIpc) is 3.06. The molecule has 3 nitrogen and oxygen atoms in total. The average molecular weight is 298 g/mol. The fraction of sp³-hybridized carbons (Fsp3) is 0.526. The maximum absolute atomic E-state index is 11.8. The van der Waals surface area contributed by atoms with Crippen molar-refractivity contribution in [2.24, 2.45) is 17.8 Å². The zero-order valence-electron chi connectivity index (χ0n) is 13.6. The first-order chi connectivity index (χ1) is 10.6. The Balaban J connectivity index is 1.71. The van der Waals surface area contributed by atoms with E-state index in [-0.39, 0.29) is 11.8 Å². The molecule has 0 unspecified atom stereocenters. The fourth-order valence-corrected chi connectivity index (χ4v) is 3.50. The van der Waals surface area contributed by atoms with Crippen LogP contribution in [0.5, 0.6) is 0 Å². The predicted octanol–water partition coefficient (Wildman–Crippen LogP) is 2.79. The minimum absolute atomic E-state index is 0.210. The SMILES string of the molecule is CC(C)C/C=C(\CN1C[C@@H]2CNC(=O)[C@@H]2C1)c1ccccc1. The van der Waals surface area contributed by atoms with Gasteiger partial charge < -0.3 is 5.32 Å². The Labute approximate surface area is 133 Å². The molecule has 0 radical (unpaired) electrons. The van der Waals surface area contributed by atoms with Gasteiger partial charge in [-0.05, 0) is 23.5 Å². The molecule has 0 saturated carbocycles. The second-order valence-electron chi connectivity index (χ2n) is 7.03. The standard InChI is InChI=1S/C19H26N2O/c1-14(2)8-9-16(15-6-4-3-5-7-15)11-21-12-17-10-20-19(22)18(17)13-21/h3-7,9,14,17-18H,8,10-13H2,1-2H3,(H,20,22)/b16-9+/t17-,18+/m0/s1. The van der Waals surface area contributed by atoms with E-state index in [2.05, 4.69) is 60.5 Å². The fourth-order valence-electron chi connectivity index (χ4n) is 3.50. The molecule has 2 atom stereocenters. The first-order valence-corrected chi connectivity index (χ1v) is 8.38. The lowest BCUT2D eigenvalue weighted by atomic mass is 10.0. The summed E-state index contributed by atoms with van der Waals surface area (Å²) in [5, 5.41) is 2.99. The van der Waals surface area contributed by atoms with Gasteiger partial charge in [-0.25, -0.2) is 0 Å². The molecule has 1 amide bonds. The summed E-state index contributed by atoms with van der Waals surface area (Å²) in [7, 11) is 0. The second-order valence-corrected chi connectivity index (χ2v) is 7.03. The number of nitrogens with zero attached hydrogens (tertiary/aromatic N) is 1. The van der Waals surface area contributed by atoms with Crippen LogP contribution in [-0.4, -0.2) is 37.0 Å². The van der Waals surface area contributed by atoms with E-state index in [4.69, 9.17) is 0 Å². The normalized spacial score (nSPS) is 25.6. The smallest absolute Gasteiger partial charge is 0.224 e. The minimum atomic E-state index is 0.210. The number of likely N-dealkylation sites (tertiary alicyclic amines) is 1. The first kappa shape index (κ1) is 15.3. The van der Waals surface area contributed by atoms with Crippen LogP contribution in [0.25, 0.3) is 5.57 Å². The van der Waals surface area contributed by atoms with Gasteiger partial charge in [0.2, 0.25) is 5.91 Å². The Hall–Kier alpha value is -1.61. The highest BCUT2D eigenvalue weighted by atomic mass is 16.2. The molecule has 2 saturated heterocycles. The van der Waals surface area contributed by atoms with Gasteiger partial charge in [-0.15, -0.1) is 0 Å². The lowest BCUT2D eigenvalue weighted by molar-refractivity contribution is -0.122. The number of benzene rings is 1. The van der Waals surface area contributed by atoms with Crippen LogP contribution in [0.3, 0.4) is 0 Å². The van der Waals surface area contributed by atoms with E-state index >= 15 is 0 Å². The predicted molar refractivity (Wildman–Crippen MR) is 90.3 cm³/mol. The number of allylic oxidation sites excluding steroid dienone is 1. The van der Waals surface area contributed by atoms with Crippen LogP contribution in [-0.2, 0) is 4.79 Å². The molecule has 3 heteroatoms. The Morgan fingerprint density at radius 1 is 1.32 bits per heavy atom. The molecule has 2 aliphatic heterocycles. The van der Waals surface area contributed by atoms with E-state index in [1.165, 1.54) is 11.1 Å². The molecule has 1 aromatic carbocycles. The zero-order chi connectivity index (χ0) is 15.5. The molecule has 2 fully saturated rings. The van der Waals surface area contributed by atoms with Crippen molar-refractivity contribution in [3.63, 3.8) is 0 Å². The molecule has 118 valence electrons. The number of carbonyl (C=O) groups excluding carboxylic acids is 1. The lowest BCUT2D eigenvalue weighted by Crippen LogP contribution is -2.29. The number of hydrogen-bond acceptors (Lipinski definition) is 2. The maximum Gasteiger partial charge on any atom is 0.224 e. The van der Waals surface area contributed by atoms with Gasteiger partial charge in [0.25, 0.3) is 0 Å². The van der Waals surface area contributed by atoms with E-state index in [1.54, 1.807) is 0 Å². The third-order valence-corrected chi connectivity index (χ3v) is 4.77. The maximum atomic E-state index is 11.8. The van der Waals surface area contributed by atoms with Crippen molar-refractivity contribution in [1.82, 2.24) is 10.2 Å². The Morgan fingerprint density at radius 2 is 2.09 bits per heavy atom. The first-order valence-electron chi connectivity index (χ1n) is 8.38. The van der Waals surface area contributed by atoms with Crippen molar-refractivity contribution in [2.45, 2.75) is 20.3 Å². The quantitative estimate of drug-likeness (QED) is 0.906. The second kappa shape index (κ2) is 6.66. The summed E-state index contributed by atoms with van der Waals surface area (Å²) in [5.41, 5.74) is 2.71. The van der Waals surface area contributed by atoms with Gasteiger partial charge in [0.1, 0.15) is 0 Å². The molecule has 1 N–H and O–H groups in total. The van der Waals surface area contributed by atoms with Crippen LogP contribution in [0.4, 0.5) is 0 Å². The number of nitrogens with one attached hydrogen (secondary N) is 1. The Kier molecular flexibility index (Phi) is 4.63. The van der Waals surface area contributed by atoms with Gasteiger partial charge >= 0.3 is 0 Å². The van der Waals surface area contributed by atoms with E-state index in [1.807, 2.05) is 0 Å². The summed E-state index contributed by atoms with van der Waals surface area (Å²) in [6.07, 6.45) is 3.49. The van der Waals surface area contributed by atoms with Crippen LogP contribution < -0.4 is 5.32 Å². The molecule has 3 rings (SSSR count). The zero-order valence-corrected chi connectivity index (χ0v) is 13.6. The van der Waals surface area contributed by atoms with E-state index in [0.29, 0.717) is 11.8 Å². The Morgan fingerprint density at radius 3 is 2.77 bits per heavy atom. The van der Waals surface area contributed by atoms with E-state index < -0.39 is 0 Å². The van der Waals surface area contributed by atoms with Crippen molar-refractivity contribution in [3.8, 4) is 0 Å². The summed E-state index contributed by atoms with van der Waals surface area (Å²) in [6, 6.07) is 10.6. The molecular weight excluding hydrogens is 272 g/mol. The van der Waals surface area contributed by atoms with Crippen molar-refractivity contribution >= 4 is 11.5 Å². The van der Waals surface area contributed by atoms with Gasteiger partial charge in [-0.3, -0.25) is 9.69 Å². The van der Waals surface area contributed by atoms with E-state index in [9.17, 15) is 4.79 Å². The van der Waals surface area contributed by atoms with Gasteiger partial charge in [0, 0.05) is 32.1 Å². The van der Waals surface area contributed by atoms with Gasteiger partial charge in [0.15, 0.2) is 0 Å². The van der Waals surface area contributed by atoms with Crippen molar-refractivity contribution in [2.75, 3.05) is 26.2 Å². The van der Waals surface area contributed by atoms with E-state index in [0.717, 1.165) is 32.6 Å². The number of carbonyl (C=O) groups is 1. The monoisotopic (exact) mass is 298 g/mol. The highest BCUT2D eigenvalue weighted by Crippen LogP contribution is 2.29. The van der Waals surface area contributed by atoms with Crippen molar-refractivity contribution in [1.29, 1.82) is 0 Å².